The molecule has 1 aliphatic rings. The van der Waals surface area contributed by atoms with Crippen LogP contribution < -0.4 is 0 Å². The maximum atomic E-state index is 13.6. The smallest absolute Gasteiger partial charge is 0.242 e. The maximum Gasteiger partial charge on any atom is 0.242 e. The van der Waals surface area contributed by atoms with E-state index >= 15 is 0 Å². The summed E-state index contributed by atoms with van der Waals surface area (Å²) in [7, 11) is 0. The Hall–Kier alpha value is -2.71. The molecule has 2 amide bonds. The topological polar surface area (TPSA) is 66.2 Å². The van der Waals surface area contributed by atoms with E-state index in [4.69, 9.17) is 9.15 Å². The molecule has 8 heteroatoms. The van der Waals surface area contributed by atoms with Crippen molar-refractivity contribution >= 4 is 11.8 Å². The highest BCUT2D eigenvalue weighted by molar-refractivity contribution is 5.84. The molecule has 1 aliphatic heterocycles. The van der Waals surface area contributed by atoms with E-state index in [1.165, 1.54) is 12.1 Å². The summed E-state index contributed by atoms with van der Waals surface area (Å²) in [5.74, 6) is 0.990. The van der Waals surface area contributed by atoms with E-state index < -0.39 is 0 Å². The van der Waals surface area contributed by atoms with E-state index in [0.29, 0.717) is 45.0 Å². The Morgan fingerprint density at radius 2 is 1.69 bits per heavy atom. The van der Waals surface area contributed by atoms with Gasteiger partial charge >= 0.3 is 0 Å². The largest absolute Gasteiger partial charge is 0.464 e. The first-order valence-corrected chi connectivity index (χ1v) is 13.1. The minimum Gasteiger partial charge on any atom is -0.464 e. The fraction of sp³-hybridized carbons (Fsp3) is 0.571. The molecule has 1 aromatic carbocycles. The van der Waals surface area contributed by atoms with Crippen LogP contribution in [-0.2, 0) is 27.4 Å². The number of hydrogen-bond donors (Lipinski definition) is 0. The van der Waals surface area contributed by atoms with Crippen molar-refractivity contribution in [2.45, 2.75) is 59.0 Å². The number of carbonyl (C=O) groups excluding carboxylic acids is 2. The minimum atomic E-state index is -0.318. The zero-order chi connectivity index (χ0) is 25.8. The number of nitrogens with zero attached hydrogens (tertiary/aromatic N) is 3. The molecular weight excluding hydrogens is 461 g/mol. The summed E-state index contributed by atoms with van der Waals surface area (Å²) >= 11 is 0. The van der Waals surface area contributed by atoms with Crippen LogP contribution in [0.2, 0.25) is 0 Å². The highest BCUT2D eigenvalue weighted by atomic mass is 19.1. The monoisotopic (exact) mass is 501 g/mol. The van der Waals surface area contributed by atoms with Gasteiger partial charge in [-0.3, -0.25) is 14.5 Å². The molecule has 0 unspecified atom stereocenters. The highest BCUT2D eigenvalue weighted by Gasteiger charge is 2.23. The number of morpholine rings is 1. The zero-order valence-electron chi connectivity index (χ0n) is 21.7. The van der Waals surface area contributed by atoms with Crippen molar-refractivity contribution in [1.82, 2.24) is 14.7 Å². The Kier molecular flexibility index (Phi) is 11.4. The molecule has 198 valence electrons. The molecular formula is C28H40FN3O4. The Balaban J connectivity index is 1.69. The minimum absolute atomic E-state index is 0.0117. The summed E-state index contributed by atoms with van der Waals surface area (Å²) in [6.45, 7) is 8.88. The van der Waals surface area contributed by atoms with Gasteiger partial charge in [0.25, 0.3) is 0 Å². The third-order valence-electron chi connectivity index (χ3n) is 6.49. The number of amides is 2. The van der Waals surface area contributed by atoms with E-state index in [1.54, 1.807) is 21.9 Å². The molecule has 0 saturated carbocycles. The Bertz CT molecular complexity index is 941. The van der Waals surface area contributed by atoms with E-state index in [9.17, 15) is 14.0 Å². The molecule has 3 rings (SSSR count). The zero-order valence-corrected chi connectivity index (χ0v) is 21.7. The van der Waals surface area contributed by atoms with Gasteiger partial charge in [0.15, 0.2) is 0 Å². The molecule has 2 heterocycles. The lowest BCUT2D eigenvalue weighted by atomic mass is 10.1. The van der Waals surface area contributed by atoms with Crippen LogP contribution in [0.15, 0.2) is 40.8 Å². The van der Waals surface area contributed by atoms with Gasteiger partial charge in [0.2, 0.25) is 11.8 Å². The van der Waals surface area contributed by atoms with Crippen LogP contribution in [0.1, 0.15) is 56.1 Å². The Labute approximate surface area is 214 Å². The summed E-state index contributed by atoms with van der Waals surface area (Å²) in [6, 6.07) is 9.86. The van der Waals surface area contributed by atoms with Gasteiger partial charge in [-0.1, -0.05) is 38.3 Å². The van der Waals surface area contributed by atoms with E-state index in [2.05, 4.69) is 11.8 Å². The first kappa shape index (κ1) is 27.9. The number of ether oxygens (including phenoxy) is 1. The SMILES string of the molecule is CCCCCCC(=O)N(CCN1CCOCC1)CC(=O)N(Cc1ccc(F)cc1)Cc1ccc(C)o1. The van der Waals surface area contributed by atoms with Crippen LogP contribution in [-0.4, -0.2) is 72.5 Å². The predicted octanol–water partition coefficient (Wildman–Crippen LogP) is 4.39. The molecule has 2 aromatic rings. The first-order valence-electron chi connectivity index (χ1n) is 13.1. The maximum absolute atomic E-state index is 13.6. The van der Waals surface area contributed by atoms with Crippen molar-refractivity contribution in [3.63, 3.8) is 0 Å². The number of carbonyl (C=O) groups is 2. The van der Waals surface area contributed by atoms with Crippen LogP contribution >= 0.6 is 0 Å². The first-order chi connectivity index (χ1) is 17.4. The number of benzene rings is 1. The molecule has 1 saturated heterocycles. The van der Waals surface area contributed by atoms with Crippen molar-refractivity contribution in [3.8, 4) is 0 Å². The normalized spacial score (nSPS) is 14.1. The van der Waals surface area contributed by atoms with Crippen LogP contribution in [0.4, 0.5) is 4.39 Å². The number of furan rings is 1. The van der Waals surface area contributed by atoms with Crippen molar-refractivity contribution in [2.24, 2.45) is 0 Å². The quantitative estimate of drug-likeness (QED) is 0.359. The average Bonchev–Trinajstić information content (AvgIpc) is 3.30. The third kappa shape index (κ3) is 9.39. The molecule has 7 nitrogen and oxygen atoms in total. The van der Waals surface area contributed by atoms with Crippen LogP contribution in [0.25, 0.3) is 0 Å². The molecule has 0 radical (unpaired) electrons. The van der Waals surface area contributed by atoms with Crippen LogP contribution in [0.5, 0.6) is 0 Å². The van der Waals surface area contributed by atoms with Gasteiger partial charge in [-0.2, -0.15) is 0 Å². The average molecular weight is 502 g/mol. The second-order valence-electron chi connectivity index (χ2n) is 9.47. The second kappa shape index (κ2) is 14.8. The molecule has 0 spiro atoms. The van der Waals surface area contributed by atoms with E-state index in [0.717, 1.165) is 50.1 Å². The van der Waals surface area contributed by atoms with E-state index in [-0.39, 0.29) is 30.7 Å². The van der Waals surface area contributed by atoms with Crippen molar-refractivity contribution in [1.29, 1.82) is 0 Å². The Morgan fingerprint density at radius 1 is 0.944 bits per heavy atom. The molecule has 36 heavy (non-hydrogen) atoms. The van der Waals surface area contributed by atoms with E-state index in [1.807, 2.05) is 19.1 Å². The second-order valence-corrected chi connectivity index (χ2v) is 9.47. The molecule has 0 aliphatic carbocycles. The summed E-state index contributed by atoms with van der Waals surface area (Å²) in [4.78, 5) is 32.3. The molecule has 1 aromatic heterocycles. The summed E-state index contributed by atoms with van der Waals surface area (Å²) in [5, 5.41) is 0. The standard InChI is InChI=1S/C28H40FN3O4/c1-3-4-5-6-7-27(33)31(15-14-30-16-18-35-19-17-30)22-28(34)32(21-26-13-8-23(2)36-26)20-24-9-11-25(29)12-10-24/h8-13H,3-7,14-22H2,1-2H3. The Morgan fingerprint density at radius 3 is 2.36 bits per heavy atom. The van der Waals surface area contributed by atoms with Gasteiger partial charge in [-0.25, -0.2) is 4.39 Å². The fourth-order valence-electron chi connectivity index (χ4n) is 4.30. The summed E-state index contributed by atoms with van der Waals surface area (Å²) in [5.41, 5.74) is 0.818. The van der Waals surface area contributed by atoms with Gasteiger partial charge < -0.3 is 19.0 Å². The molecule has 0 N–H and O–H groups in total. The molecule has 0 atom stereocenters. The number of aryl methyl sites for hydroxylation is 1. The highest BCUT2D eigenvalue weighted by Crippen LogP contribution is 2.15. The molecule has 0 bridgehead atoms. The lowest BCUT2D eigenvalue weighted by Gasteiger charge is -2.31. The van der Waals surface area contributed by atoms with Crippen molar-refractivity contribution < 1.29 is 23.1 Å². The fourth-order valence-corrected chi connectivity index (χ4v) is 4.30. The number of hydrogen-bond acceptors (Lipinski definition) is 5. The number of unbranched alkanes of at least 4 members (excludes halogenated alkanes) is 3. The number of rotatable bonds is 14. The van der Waals surface area contributed by atoms with Gasteiger partial charge in [0.1, 0.15) is 17.3 Å². The summed E-state index contributed by atoms with van der Waals surface area (Å²) in [6.07, 6.45) is 4.51. The van der Waals surface area contributed by atoms with Crippen LogP contribution in [0, 0.1) is 12.7 Å². The van der Waals surface area contributed by atoms with Crippen molar-refractivity contribution in [3.05, 3.63) is 59.3 Å². The predicted molar refractivity (Wildman–Crippen MR) is 137 cm³/mol. The third-order valence-corrected chi connectivity index (χ3v) is 6.49. The lowest BCUT2D eigenvalue weighted by Crippen LogP contribution is -2.47. The van der Waals surface area contributed by atoms with Gasteiger partial charge in [0.05, 0.1) is 26.3 Å². The van der Waals surface area contributed by atoms with Gasteiger partial charge in [-0.15, -0.1) is 0 Å². The number of halogens is 1. The van der Waals surface area contributed by atoms with Crippen molar-refractivity contribution in [2.75, 3.05) is 45.9 Å². The van der Waals surface area contributed by atoms with Gasteiger partial charge in [0, 0.05) is 39.1 Å². The molecule has 1 fully saturated rings. The van der Waals surface area contributed by atoms with Gasteiger partial charge in [-0.05, 0) is 43.2 Å². The summed E-state index contributed by atoms with van der Waals surface area (Å²) < 4.78 is 24.6. The lowest BCUT2D eigenvalue weighted by molar-refractivity contribution is -0.141. The van der Waals surface area contributed by atoms with Crippen LogP contribution in [0.3, 0.4) is 0 Å².